The summed E-state index contributed by atoms with van der Waals surface area (Å²) in [4.78, 5) is 29.9. The van der Waals surface area contributed by atoms with E-state index in [4.69, 9.17) is 32.4 Å². The Labute approximate surface area is 284 Å². The van der Waals surface area contributed by atoms with Crippen LogP contribution in [0.5, 0.6) is 11.5 Å². The number of nitrogen functional groups attached to an aromatic ring is 4. The van der Waals surface area contributed by atoms with Crippen molar-refractivity contribution in [3.8, 4) is 11.5 Å². The first-order valence-electron chi connectivity index (χ1n) is 16.1. The number of nitrogens with two attached hydrogens (primary N) is 4. The number of carbonyl (C=O) groups excluding carboxylic acids is 2. The van der Waals surface area contributed by atoms with Gasteiger partial charge in [0.05, 0.1) is 33.9 Å². The Balaban J connectivity index is 0.000000260. The highest BCUT2D eigenvalue weighted by molar-refractivity contribution is 6.12. The van der Waals surface area contributed by atoms with Gasteiger partial charge in [-0.15, -0.1) is 0 Å². The Bertz CT molecular complexity index is 1690. The Hall–Kier alpha value is -5.06. The van der Waals surface area contributed by atoms with Gasteiger partial charge in [0, 0.05) is 17.7 Å². The van der Waals surface area contributed by atoms with E-state index in [9.17, 15) is 9.59 Å². The SMILES string of the molecule is CCC(C)(Oc1ccccc1C(=O)c1ccc(N)c(N)c1)N(C)C.CCN(CC)CCOc1ccccc1C(=O)c1ccc(N)c(N)c1. The molecular formula is C38H50N6O4. The van der Waals surface area contributed by atoms with E-state index in [1.165, 1.54) is 0 Å². The van der Waals surface area contributed by atoms with Crippen molar-refractivity contribution in [2.75, 3.05) is 63.3 Å². The van der Waals surface area contributed by atoms with Crippen molar-refractivity contribution in [1.82, 2.24) is 9.80 Å². The van der Waals surface area contributed by atoms with Crippen LogP contribution in [-0.2, 0) is 0 Å². The second-order valence-electron chi connectivity index (χ2n) is 11.7. The molecule has 48 heavy (non-hydrogen) atoms. The zero-order valence-electron chi connectivity index (χ0n) is 29.0. The first-order chi connectivity index (χ1) is 22.8. The molecule has 10 heteroatoms. The maximum Gasteiger partial charge on any atom is 0.196 e. The van der Waals surface area contributed by atoms with Crippen molar-refractivity contribution in [2.45, 2.75) is 39.8 Å². The second kappa shape index (κ2) is 17.2. The molecule has 10 nitrogen and oxygen atoms in total. The quantitative estimate of drug-likeness (QED) is 0.0726. The van der Waals surface area contributed by atoms with Crippen molar-refractivity contribution in [2.24, 2.45) is 0 Å². The number of carbonyl (C=O) groups is 2. The molecule has 0 radical (unpaired) electrons. The number of ether oxygens (including phenoxy) is 2. The largest absolute Gasteiger partial charge is 0.491 e. The van der Waals surface area contributed by atoms with Gasteiger partial charge in [0.2, 0.25) is 0 Å². The Morgan fingerprint density at radius 1 is 0.667 bits per heavy atom. The average Bonchev–Trinajstić information content (AvgIpc) is 3.09. The van der Waals surface area contributed by atoms with Crippen LogP contribution in [0.2, 0.25) is 0 Å². The van der Waals surface area contributed by atoms with Crippen LogP contribution in [0.4, 0.5) is 22.7 Å². The minimum absolute atomic E-state index is 0.125. The number of hydrogen-bond acceptors (Lipinski definition) is 10. The number of anilines is 4. The summed E-state index contributed by atoms with van der Waals surface area (Å²) < 4.78 is 12.0. The summed E-state index contributed by atoms with van der Waals surface area (Å²) in [6.45, 7) is 11.6. The van der Waals surface area contributed by atoms with Gasteiger partial charge in [0.25, 0.3) is 0 Å². The van der Waals surface area contributed by atoms with Crippen LogP contribution in [0.3, 0.4) is 0 Å². The van der Waals surface area contributed by atoms with E-state index in [-0.39, 0.29) is 11.6 Å². The molecule has 0 bridgehead atoms. The standard InChI is InChI=1S/2C19H25N3O2/c1-5-19(2,22(3)4)24-17-9-7-6-8-14(17)18(23)13-10-11-15(20)16(21)12-13;1-3-22(4-2)11-12-24-18-8-6-5-7-15(18)19(23)14-9-10-16(20)17(21)13-14/h6-12H,5,20-21H2,1-4H3;5-10,13H,3-4,11-12,20-21H2,1-2H3. The molecular weight excluding hydrogens is 604 g/mol. The fourth-order valence-electron chi connectivity index (χ4n) is 4.81. The summed E-state index contributed by atoms with van der Waals surface area (Å²) in [5, 5.41) is 0. The van der Waals surface area contributed by atoms with E-state index in [2.05, 4.69) is 18.7 Å². The number of hydrogen-bond donors (Lipinski definition) is 4. The Morgan fingerprint density at radius 3 is 1.56 bits per heavy atom. The van der Waals surface area contributed by atoms with Crippen molar-refractivity contribution < 1.29 is 19.1 Å². The zero-order chi connectivity index (χ0) is 35.4. The maximum absolute atomic E-state index is 12.9. The van der Waals surface area contributed by atoms with Crippen molar-refractivity contribution >= 4 is 34.3 Å². The molecule has 0 aromatic heterocycles. The molecule has 0 spiro atoms. The molecule has 0 aliphatic heterocycles. The predicted octanol–water partition coefficient (Wildman–Crippen LogP) is 5.95. The molecule has 0 aliphatic rings. The van der Waals surface area contributed by atoms with E-state index in [0.29, 0.717) is 63.1 Å². The summed E-state index contributed by atoms with van der Waals surface area (Å²) in [6, 6.07) is 24.4. The molecule has 4 aromatic carbocycles. The van der Waals surface area contributed by atoms with Gasteiger partial charge >= 0.3 is 0 Å². The molecule has 0 fully saturated rings. The van der Waals surface area contributed by atoms with E-state index >= 15 is 0 Å². The van der Waals surface area contributed by atoms with E-state index in [1.807, 2.05) is 69.2 Å². The molecule has 0 saturated carbocycles. The highest BCUT2D eigenvalue weighted by Crippen LogP contribution is 2.29. The molecule has 1 atom stereocenters. The smallest absolute Gasteiger partial charge is 0.196 e. The van der Waals surface area contributed by atoms with Gasteiger partial charge < -0.3 is 37.3 Å². The van der Waals surface area contributed by atoms with E-state index < -0.39 is 5.72 Å². The van der Waals surface area contributed by atoms with Crippen molar-refractivity contribution in [3.05, 3.63) is 107 Å². The second-order valence-corrected chi connectivity index (χ2v) is 11.7. The number of rotatable bonds is 14. The highest BCUT2D eigenvalue weighted by Gasteiger charge is 2.29. The molecule has 8 N–H and O–H groups in total. The van der Waals surface area contributed by atoms with E-state index in [0.717, 1.165) is 26.1 Å². The number of para-hydroxylation sites is 2. The Kier molecular flexibility index (Phi) is 13.4. The van der Waals surface area contributed by atoms with Gasteiger partial charge in [-0.05, 0) is 101 Å². The van der Waals surface area contributed by atoms with Crippen LogP contribution in [-0.4, -0.2) is 67.4 Å². The van der Waals surface area contributed by atoms with Gasteiger partial charge in [0.15, 0.2) is 17.3 Å². The van der Waals surface area contributed by atoms with Crippen LogP contribution in [0.25, 0.3) is 0 Å². The number of benzene rings is 4. The lowest BCUT2D eigenvalue weighted by molar-refractivity contribution is -0.0441. The fraction of sp³-hybridized carbons (Fsp3) is 0.316. The number of nitrogens with zero attached hydrogens (tertiary/aromatic N) is 2. The molecule has 256 valence electrons. The van der Waals surface area contributed by atoms with Crippen LogP contribution < -0.4 is 32.4 Å². The third-order valence-electron chi connectivity index (χ3n) is 8.45. The van der Waals surface area contributed by atoms with Gasteiger partial charge in [-0.3, -0.25) is 14.5 Å². The van der Waals surface area contributed by atoms with Crippen LogP contribution >= 0.6 is 0 Å². The normalized spacial score (nSPS) is 12.2. The van der Waals surface area contributed by atoms with E-state index in [1.54, 1.807) is 48.5 Å². The average molecular weight is 655 g/mol. The lowest BCUT2D eigenvalue weighted by atomic mass is 10.0. The molecule has 1 unspecified atom stereocenters. The summed E-state index contributed by atoms with van der Waals surface area (Å²) in [5.41, 5.74) is 26.3. The summed E-state index contributed by atoms with van der Waals surface area (Å²) in [6.07, 6.45) is 0.775. The number of likely N-dealkylation sites (N-methyl/N-ethyl adjacent to an activating group) is 1. The van der Waals surface area contributed by atoms with Gasteiger partial charge in [-0.25, -0.2) is 0 Å². The maximum atomic E-state index is 12.9. The first kappa shape index (κ1) is 37.4. The van der Waals surface area contributed by atoms with Gasteiger partial charge in [0.1, 0.15) is 18.1 Å². The minimum atomic E-state index is -0.503. The topological polar surface area (TPSA) is 163 Å². The molecule has 4 rings (SSSR count). The summed E-state index contributed by atoms with van der Waals surface area (Å²) in [5.74, 6) is 0.871. The lowest BCUT2D eigenvalue weighted by Crippen LogP contribution is -2.46. The molecule has 0 saturated heterocycles. The highest BCUT2D eigenvalue weighted by atomic mass is 16.5. The summed E-state index contributed by atoms with van der Waals surface area (Å²) >= 11 is 0. The predicted molar refractivity (Wildman–Crippen MR) is 197 cm³/mol. The fourth-order valence-corrected chi connectivity index (χ4v) is 4.81. The summed E-state index contributed by atoms with van der Waals surface area (Å²) in [7, 11) is 3.91. The monoisotopic (exact) mass is 654 g/mol. The van der Waals surface area contributed by atoms with Crippen LogP contribution in [0, 0.1) is 0 Å². The van der Waals surface area contributed by atoms with Gasteiger partial charge in [-0.2, -0.15) is 0 Å². The minimum Gasteiger partial charge on any atom is -0.491 e. The lowest BCUT2D eigenvalue weighted by Gasteiger charge is -2.36. The van der Waals surface area contributed by atoms with Crippen molar-refractivity contribution in [1.29, 1.82) is 0 Å². The third-order valence-corrected chi connectivity index (χ3v) is 8.45. The molecule has 0 aliphatic carbocycles. The zero-order valence-corrected chi connectivity index (χ0v) is 29.0. The Morgan fingerprint density at radius 2 is 1.12 bits per heavy atom. The third kappa shape index (κ3) is 9.49. The molecule has 0 heterocycles. The van der Waals surface area contributed by atoms with Crippen LogP contribution in [0.15, 0.2) is 84.9 Å². The molecule has 0 amide bonds. The van der Waals surface area contributed by atoms with Gasteiger partial charge in [-0.1, -0.05) is 45.0 Å². The van der Waals surface area contributed by atoms with Crippen LogP contribution in [0.1, 0.15) is 66.0 Å². The number of ketones is 2. The molecule has 4 aromatic rings. The van der Waals surface area contributed by atoms with Crippen molar-refractivity contribution in [3.63, 3.8) is 0 Å². The first-order valence-corrected chi connectivity index (χ1v) is 16.1.